The summed E-state index contributed by atoms with van der Waals surface area (Å²) >= 11 is 1.62. The molecule has 1 unspecified atom stereocenters. The van der Waals surface area contributed by atoms with Crippen LogP contribution in [-0.2, 0) is 0 Å². The highest BCUT2D eigenvalue weighted by molar-refractivity contribution is 7.99. The van der Waals surface area contributed by atoms with Gasteiger partial charge in [0, 0.05) is 29.2 Å². The molecule has 1 atom stereocenters. The van der Waals surface area contributed by atoms with Gasteiger partial charge in [-0.15, -0.1) is 0 Å². The lowest BCUT2D eigenvalue weighted by Crippen LogP contribution is -2.14. The summed E-state index contributed by atoms with van der Waals surface area (Å²) in [6.07, 6.45) is 0. The molecule has 0 saturated carbocycles. The summed E-state index contributed by atoms with van der Waals surface area (Å²) in [5, 5.41) is 8.72. The third kappa shape index (κ3) is 4.11. The molecule has 0 spiro atoms. The normalized spacial score (nSPS) is 12.2. The fourth-order valence-corrected chi connectivity index (χ4v) is 2.22. The molecule has 17 heavy (non-hydrogen) atoms. The minimum absolute atomic E-state index is 0.104. The van der Waals surface area contributed by atoms with E-state index in [1.165, 1.54) is 0 Å². The van der Waals surface area contributed by atoms with Crippen LogP contribution in [0.25, 0.3) is 0 Å². The Balaban J connectivity index is 2.74. The first-order valence-corrected chi connectivity index (χ1v) is 6.54. The second-order valence-electron chi connectivity index (χ2n) is 3.51. The quantitative estimate of drug-likeness (QED) is 0.723. The Kier molecular flexibility index (Phi) is 6.18. The molecule has 1 aromatic carbocycles. The number of nitrogens with two attached hydrogens (primary N) is 1. The number of hydrogen-bond acceptors (Lipinski definition) is 5. The Morgan fingerprint density at radius 2 is 2.12 bits per heavy atom. The number of methoxy groups -OCH3 is 2. The van der Waals surface area contributed by atoms with Crippen LogP contribution in [0.2, 0.25) is 0 Å². The maximum absolute atomic E-state index is 8.72. The fraction of sp³-hybridized carbons (Fsp3) is 0.500. The van der Waals surface area contributed by atoms with Crippen molar-refractivity contribution in [2.75, 3.05) is 32.3 Å². The van der Waals surface area contributed by atoms with E-state index >= 15 is 0 Å². The van der Waals surface area contributed by atoms with Gasteiger partial charge in [0.25, 0.3) is 0 Å². The van der Waals surface area contributed by atoms with E-state index in [4.69, 9.17) is 20.3 Å². The first-order valence-electron chi connectivity index (χ1n) is 5.39. The van der Waals surface area contributed by atoms with Crippen LogP contribution >= 0.6 is 11.8 Å². The van der Waals surface area contributed by atoms with Crippen molar-refractivity contribution in [2.24, 2.45) is 5.73 Å². The van der Waals surface area contributed by atoms with Gasteiger partial charge >= 0.3 is 0 Å². The van der Waals surface area contributed by atoms with Crippen molar-refractivity contribution in [3.05, 3.63) is 23.8 Å². The first-order chi connectivity index (χ1) is 8.22. The van der Waals surface area contributed by atoms with E-state index in [0.29, 0.717) is 5.75 Å². The van der Waals surface area contributed by atoms with Gasteiger partial charge in [-0.25, -0.2) is 0 Å². The van der Waals surface area contributed by atoms with Crippen LogP contribution in [0, 0.1) is 0 Å². The predicted molar refractivity (Wildman–Crippen MR) is 70.9 cm³/mol. The molecule has 0 aliphatic rings. The van der Waals surface area contributed by atoms with Crippen LogP contribution in [0.5, 0.6) is 11.5 Å². The minimum atomic E-state index is -0.104. The highest BCUT2D eigenvalue weighted by Gasteiger charge is 2.12. The molecule has 0 saturated heterocycles. The molecule has 0 aromatic heterocycles. The molecule has 0 aliphatic heterocycles. The smallest absolute Gasteiger partial charge is 0.127 e. The van der Waals surface area contributed by atoms with Gasteiger partial charge in [0.1, 0.15) is 11.5 Å². The summed E-state index contributed by atoms with van der Waals surface area (Å²) in [6.45, 7) is 0.178. The summed E-state index contributed by atoms with van der Waals surface area (Å²) in [5.74, 6) is 2.94. The zero-order chi connectivity index (χ0) is 12.7. The molecule has 96 valence electrons. The highest BCUT2D eigenvalue weighted by Crippen LogP contribution is 2.29. The molecular formula is C12H19NO3S. The topological polar surface area (TPSA) is 64.7 Å². The van der Waals surface area contributed by atoms with E-state index in [1.54, 1.807) is 26.0 Å². The van der Waals surface area contributed by atoms with Crippen molar-refractivity contribution in [3.8, 4) is 11.5 Å². The summed E-state index contributed by atoms with van der Waals surface area (Å²) < 4.78 is 10.4. The van der Waals surface area contributed by atoms with E-state index in [9.17, 15) is 0 Å². The maximum atomic E-state index is 8.72. The van der Waals surface area contributed by atoms with E-state index < -0.39 is 0 Å². The Morgan fingerprint density at radius 1 is 1.35 bits per heavy atom. The largest absolute Gasteiger partial charge is 0.497 e. The SMILES string of the molecule is COc1ccc(C(N)CSCCO)c(OC)c1. The molecule has 0 aliphatic carbocycles. The van der Waals surface area contributed by atoms with Gasteiger partial charge < -0.3 is 20.3 Å². The Morgan fingerprint density at radius 3 is 2.71 bits per heavy atom. The van der Waals surface area contributed by atoms with E-state index in [2.05, 4.69) is 0 Å². The molecule has 1 aromatic rings. The number of benzene rings is 1. The van der Waals surface area contributed by atoms with Crippen LogP contribution in [0.4, 0.5) is 0 Å². The van der Waals surface area contributed by atoms with Crippen molar-refractivity contribution in [2.45, 2.75) is 6.04 Å². The molecule has 5 heteroatoms. The van der Waals surface area contributed by atoms with Crippen molar-refractivity contribution in [1.29, 1.82) is 0 Å². The second-order valence-corrected chi connectivity index (χ2v) is 4.66. The fourth-order valence-electron chi connectivity index (χ4n) is 1.49. The van der Waals surface area contributed by atoms with E-state index in [1.807, 2.05) is 18.2 Å². The van der Waals surface area contributed by atoms with E-state index in [-0.39, 0.29) is 12.6 Å². The molecule has 0 fully saturated rings. The Bertz CT molecular complexity index is 347. The average Bonchev–Trinajstić information content (AvgIpc) is 2.38. The van der Waals surface area contributed by atoms with Crippen molar-refractivity contribution in [3.63, 3.8) is 0 Å². The standard InChI is InChI=1S/C12H19NO3S/c1-15-9-3-4-10(12(7-9)16-2)11(13)8-17-6-5-14/h3-4,7,11,14H,5-6,8,13H2,1-2H3. The van der Waals surface area contributed by atoms with Gasteiger partial charge in [0.05, 0.1) is 20.8 Å². The number of rotatable bonds is 7. The lowest BCUT2D eigenvalue weighted by atomic mass is 10.1. The number of ether oxygens (including phenoxy) is 2. The van der Waals surface area contributed by atoms with E-state index in [0.717, 1.165) is 22.8 Å². The molecule has 0 bridgehead atoms. The zero-order valence-electron chi connectivity index (χ0n) is 10.2. The molecule has 0 amide bonds. The average molecular weight is 257 g/mol. The van der Waals surface area contributed by atoms with Crippen LogP contribution in [0.15, 0.2) is 18.2 Å². The lowest BCUT2D eigenvalue weighted by Gasteiger charge is -2.16. The first kappa shape index (κ1) is 14.2. The maximum Gasteiger partial charge on any atom is 0.127 e. The Hall–Kier alpha value is -0.910. The van der Waals surface area contributed by atoms with Crippen molar-refractivity contribution >= 4 is 11.8 Å². The van der Waals surface area contributed by atoms with Gasteiger partial charge in [-0.3, -0.25) is 0 Å². The van der Waals surface area contributed by atoms with Crippen LogP contribution in [-0.4, -0.2) is 37.4 Å². The summed E-state index contributed by atoms with van der Waals surface area (Å²) in [4.78, 5) is 0. The van der Waals surface area contributed by atoms with Gasteiger partial charge in [0.2, 0.25) is 0 Å². The van der Waals surface area contributed by atoms with Gasteiger partial charge in [-0.2, -0.15) is 11.8 Å². The number of thioether (sulfide) groups is 1. The summed E-state index contributed by atoms with van der Waals surface area (Å²) in [5.41, 5.74) is 7.04. The molecule has 1 rings (SSSR count). The van der Waals surface area contributed by atoms with Gasteiger partial charge in [-0.05, 0) is 6.07 Å². The highest BCUT2D eigenvalue weighted by atomic mass is 32.2. The molecule has 4 nitrogen and oxygen atoms in total. The minimum Gasteiger partial charge on any atom is -0.497 e. The third-order valence-corrected chi connectivity index (χ3v) is 3.44. The molecule has 3 N–H and O–H groups in total. The molecule has 0 heterocycles. The Labute approximate surface area is 106 Å². The van der Waals surface area contributed by atoms with Crippen molar-refractivity contribution < 1.29 is 14.6 Å². The van der Waals surface area contributed by atoms with Crippen molar-refractivity contribution in [1.82, 2.24) is 0 Å². The lowest BCUT2D eigenvalue weighted by molar-refractivity contribution is 0.322. The summed E-state index contributed by atoms with van der Waals surface area (Å²) in [7, 11) is 3.23. The molecular weight excluding hydrogens is 238 g/mol. The van der Waals surface area contributed by atoms with Crippen LogP contribution in [0.1, 0.15) is 11.6 Å². The molecule has 0 radical (unpaired) electrons. The number of hydrogen-bond donors (Lipinski definition) is 2. The predicted octanol–water partition coefficient (Wildman–Crippen LogP) is 1.43. The zero-order valence-corrected chi connectivity index (χ0v) is 11.0. The van der Waals surface area contributed by atoms with Gasteiger partial charge in [0.15, 0.2) is 0 Å². The van der Waals surface area contributed by atoms with Crippen LogP contribution in [0.3, 0.4) is 0 Å². The monoisotopic (exact) mass is 257 g/mol. The number of aliphatic hydroxyl groups is 1. The third-order valence-electron chi connectivity index (χ3n) is 2.37. The second kappa shape index (κ2) is 7.42. The number of aliphatic hydroxyl groups excluding tert-OH is 1. The van der Waals surface area contributed by atoms with Crippen LogP contribution < -0.4 is 15.2 Å². The van der Waals surface area contributed by atoms with Gasteiger partial charge in [-0.1, -0.05) is 6.07 Å². The summed E-state index contributed by atoms with van der Waals surface area (Å²) in [6, 6.07) is 5.51.